The number of rotatable bonds is 8. The predicted octanol–water partition coefficient (Wildman–Crippen LogP) is 6.24. The number of hydrogen-bond acceptors (Lipinski definition) is 5. The zero-order valence-electron chi connectivity index (χ0n) is 17.9. The quantitative estimate of drug-likeness (QED) is 0.255. The van der Waals surface area contributed by atoms with Gasteiger partial charge in [0.1, 0.15) is 11.5 Å². The molecule has 4 aromatic rings. The van der Waals surface area contributed by atoms with E-state index in [4.69, 9.17) is 14.3 Å². The first-order chi connectivity index (χ1) is 15.5. The SMILES string of the molecule is CSc1ccc(-c2nc(CCOc3cccc4c(/C=C/C(=O)O)cccc34)c(C)o2)cc1. The van der Waals surface area contributed by atoms with E-state index in [2.05, 4.69) is 17.1 Å². The number of carboxylic acid groups (broad SMARTS) is 1. The minimum atomic E-state index is -0.975. The van der Waals surface area contributed by atoms with E-state index in [1.54, 1.807) is 17.8 Å². The van der Waals surface area contributed by atoms with Crippen LogP contribution in [-0.4, -0.2) is 28.9 Å². The van der Waals surface area contributed by atoms with E-state index in [0.29, 0.717) is 18.9 Å². The van der Waals surface area contributed by atoms with Crippen LogP contribution in [0.3, 0.4) is 0 Å². The van der Waals surface area contributed by atoms with Gasteiger partial charge in [-0.05, 0) is 60.5 Å². The van der Waals surface area contributed by atoms with Gasteiger partial charge < -0.3 is 14.3 Å². The van der Waals surface area contributed by atoms with Crippen LogP contribution in [0.1, 0.15) is 17.0 Å². The smallest absolute Gasteiger partial charge is 0.328 e. The molecule has 0 aliphatic carbocycles. The third kappa shape index (κ3) is 4.86. The molecule has 0 bridgehead atoms. The Kier molecular flexibility index (Phi) is 6.61. The maximum absolute atomic E-state index is 10.9. The molecule has 0 atom stereocenters. The highest BCUT2D eigenvalue weighted by Gasteiger charge is 2.12. The first-order valence-corrected chi connectivity index (χ1v) is 11.4. The van der Waals surface area contributed by atoms with Crippen molar-refractivity contribution >= 4 is 34.6 Å². The highest BCUT2D eigenvalue weighted by Crippen LogP contribution is 2.29. The highest BCUT2D eigenvalue weighted by molar-refractivity contribution is 7.98. The molecule has 0 aliphatic heterocycles. The number of fused-ring (bicyclic) bond motifs is 1. The van der Waals surface area contributed by atoms with Gasteiger partial charge in [0.25, 0.3) is 0 Å². The molecule has 4 rings (SSSR count). The summed E-state index contributed by atoms with van der Waals surface area (Å²) >= 11 is 1.70. The van der Waals surface area contributed by atoms with Crippen molar-refractivity contribution in [2.75, 3.05) is 12.9 Å². The van der Waals surface area contributed by atoms with Crippen molar-refractivity contribution in [3.8, 4) is 17.2 Å². The van der Waals surface area contributed by atoms with Crippen molar-refractivity contribution in [2.24, 2.45) is 0 Å². The second-order valence-electron chi connectivity index (χ2n) is 7.22. The van der Waals surface area contributed by atoms with Gasteiger partial charge in [-0.25, -0.2) is 9.78 Å². The molecular weight excluding hydrogens is 422 g/mol. The average molecular weight is 446 g/mol. The standard InChI is InChI=1S/C26H23NO4S/c1-17-23(27-26(31-17)19-9-12-20(32-2)13-10-19)15-16-30-24-8-4-6-21-18(11-14-25(28)29)5-3-7-22(21)24/h3-14H,15-16H2,1-2H3,(H,28,29)/b14-11+. The monoisotopic (exact) mass is 445 g/mol. The zero-order valence-corrected chi connectivity index (χ0v) is 18.7. The molecule has 1 aromatic heterocycles. The van der Waals surface area contributed by atoms with Crippen LogP contribution in [0.15, 0.2) is 76.1 Å². The molecule has 0 saturated heterocycles. The summed E-state index contributed by atoms with van der Waals surface area (Å²) in [5.41, 5.74) is 2.66. The second-order valence-corrected chi connectivity index (χ2v) is 8.10. The number of hydrogen-bond donors (Lipinski definition) is 1. The lowest BCUT2D eigenvalue weighted by Crippen LogP contribution is -2.03. The van der Waals surface area contributed by atoms with Gasteiger partial charge >= 0.3 is 5.97 Å². The Hall–Kier alpha value is -3.51. The van der Waals surface area contributed by atoms with E-state index in [1.165, 1.54) is 4.90 Å². The molecule has 0 aliphatic rings. The molecule has 0 saturated carbocycles. The predicted molar refractivity (Wildman–Crippen MR) is 128 cm³/mol. The lowest BCUT2D eigenvalue weighted by atomic mass is 10.0. The third-order valence-corrected chi connectivity index (χ3v) is 5.89. The number of nitrogens with zero attached hydrogens (tertiary/aromatic N) is 1. The fourth-order valence-electron chi connectivity index (χ4n) is 3.51. The van der Waals surface area contributed by atoms with Crippen LogP contribution in [0, 0.1) is 6.92 Å². The summed E-state index contributed by atoms with van der Waals surface area (Å²) in [4.78, 5) is 16.7. The molecule has 32 heavy (non-hydrogen) atoms. The van der Waals surface area contributed by atoms with Crippen molar-refractivity contribution in [2.45, 2.75) is 18.2 Å². The van der Waals surface area contributed by atoms with Crippen molar-refractivity contribution in [3.05, 3.63) is 83.8 Å². The summed E-state index contributed by atoms with van der Waals surface area (Å²) in [6.07, 6.45) is 5.40. The molecule has 6 heteroatoms. The first kappa shape index (κ1) is 21.7. The number of ether oxygens (including phenoxy) is 1. The molecule has 162 valence electrons. The molecule has 0 spiro atoms. The van der Waals surface area contributed by atoms with E-state index in [0.717, 1.165) is 45.2 Å². The number of aryl methyl sites for hydroxylation is 1. The number of carboxylic acids is 1. The summed E-state index contributed by atoms with van der Waals surface area (Å²) in [6.45, 7) is 2.37. The fraction of sp³-hybridized carbons (Fsp3) is 0.154. The van der Waals surface area contributed by atoms with Gasteiger partial charge in [0, 0.05) is 28.3 Å². The average Bonchev–Trinajstić information content (AvgIpc) is 3.18. The van der Waals surface area contributed by atoms with Crippen LogP contribution in [-0.2, 0) is 11.2 Å². The summed E-state index contributed by atoms with van der Waals surface area (Å²) in [7, 11) is 0. The number of thioether (sulfide) groups is 1. The Morgan fingerprint density at radius 3 is 2.59 bits per heavy atom. The molecule has 1 heterocycles. The number of oxazole rings is 1. The van der Waals surface area contributed by atoms with E-state index < -0.39 is 5.97 Å². The van der Waals surface area contributed by atoms with Gasteiger partial charge in [-0.1, -0.05) is 30.3 Å². The summed E-state index contributed by atoms with van der Waals surface area (Å²) in [5.74, 6) is 1.18. The van der Waals surface area contributed by atoms with E-state index in [-0.39, 0.29) is 0 Å². The van der Waals surface area contributed by atoms with Gasteiger partial charge in [0.05, 0.1) is 12.3 Å². The minimum Gasteiger partial charge on any atom is -0.493 e. The minimum absolute atomic E-state index is 0.451. The largest absolute Gasteiger partial charge is 0.493 e. The van der Waals surface area contributed by atoms with Crippen molar-refractivity contribution in [3.63, 3.8) is 0 Å². The Morgan fingerprint density at radius 1 is 1.09 bits per heavy atom. The Morgan fingerprint density at radius 2 is 1.84 bits per heavy atom. The van der Waals surface area contributed by atoms with Crippen LogP contribution in [0.25, 0.3) is 28.3 Å². The maximum Gasteiger partial charge on any atom is 0.328 e. The van der Waals surface area contributed by atoms with Gasteiger partial charge in [0.15, 0.2) is 0 Å². The molecule has 5 nitrogen and oxygen atoms in total. The van der Waals surface area contributed by atoms with Crippen molar-refractivity contribution in [1.29, 1.82) is 0 Å². The van der Waals surface area contributed by atoms with Crippen LogP contribution in [0.4, 0.5) is 0 Å². The topological polar surface area (TPSA) is 72.6 Å². The molecule has 0 unspecified atom stereocenters. The van der Waals surface area contributed by atoms with E-state index in [9.17, 15) is 4.79 Å². The lowest BCUT2D eigenvalue weighted by molar-refractivity contribution is -0.131. The maximum atomic E-state index is 10.9. The number of aromatic nitrogens is 1. The molecule has 0 radical (unpaired) electrons. The highest BCUT2D eigenvalue weighted by atomic mass is 32.2. The van der Waals surface area contributed by atoms with Gasteiger partial charge in [-0.15, -0.1) is 11.8 Å². The Bertz CT molecular complexity index is 1270. The van der Waals surface area contributed by atoms with Crippen LogP contribution >= 0.6 is 11.8 Å². The Balaban J connectivity index is 1.48. The van der Waals surface area contributed by atoms with Crippen molar-refractivity contribution in [1.82, 2.24) is 4.98 Å². The molecule has 0 fully saturated rings. The normalized spacial score (nSPS) is 11.3. The van der Waals surface area contributed by atoms with Crippen LogP contribution < -0.4 is 4.74 Å². The summed E-state index contributed by atoms with van der Waals surface area (Å²) < 4.78 is 12.0. The summed E-state index contributed by atoms with van der Waals surface area (Å²) in [5, 5.41) is 10.8. The number of benzene rings is 3. The molecule has 0 amide bonds. The van der Waals surface area contributed by atoms with Gasteiger partial charge in [-0.2, -0.15) is 0 Å². The van der Waals surface area contributed by atoms with E-state index >= 15 is 0 Å². The molecule has 3 aromatic carbocycles. The van der Waals surface area contributed by atoms with Crippen molar-refractivity contribution < 1.29 is 19.1 Å². The second kappa shape index (κ2) is 9.75. The number of aliphatic carboxylic acids is 1. The third-order valence-electron chi connectivity index (χ3n) is 5.15. The summed E-state index contributed by atoms with van der Waals surface area (Å²) in [6, 6.07) is 19.7. The fourth-order valence-corrected chi connectivity index (χ4v) is 3.92. The van der Waals surface area contributed by atoms with Crippen LogP contribution in [0.2, 0.25) is 0 Å². The lowest BCUT2D eigenvalue weighted by Gasteiger charge is -2.10. The van der Waals surface area contributed by atoms with Gasteiger partial charge in [0.2, 0.25) is 5.89 Å². The van der Waals surface area contributed by atoms with E-state index in [1.807, 2.05) is 61.7 Å². The number of carbonyl (C=O) groups is 1. The van der Waals surface area contributed by atoms with Gasteiger partial charge in [-0.3, -0.25) is 0 Å². The Labute approximate surface area is 190 Å². The van der Waals surface area contributed by atoms with Crippen LogP contribution in [0.5, 0.6) is 5.75 Å². The molecular formula is C26H23NO4S. The first-order valence-electron chi connectivity index (χ1n) is 10.2. The molecule has 1 N–H and O–H groups in total. The zero-order chi connectivity index (χ0) is 22.5.